The zero-order chi connectivity index (χ0) is 34.7. The van der Waals surface area contributed by atoms with E-state index in [4.69, 9.17) is 15.0 Å². The molecule has 244 valence electrons. The first kappa shape index (κ1) is 31.0. The average molecular weight is 665 g/mol. The van der Waals surface area contributed by atoms with Crippen molar-refractivity contribution >= 4 is 10.9 Å². The van der Waals surface area contributed by atoms with Crippen LogP contribution in [0.15, 0.2) is 194 Å². The van der Waals surface area contributed by atoms with Crippen molar-refractivity contribution in [3.8, 4) is 78.5 Å². The van der Waals surface area contributed by atoms with Crippen LogP contribution < -0.4 is 0 Å². The molecule has 4 nitrogen and oxygen atoms in total. The Morgan fingerprint density at radius 1 is 0.308 bits per heavy atom. The fraction of sp³-hybridized carbons (Fsp3) is 0. The van der Waals surface area contributed by atoms with Crippen LogP contribution in [0.1, 0.15) is 0 Å². The smallest absolute Gasteiger partial charge is 0.160 e. The van der Waals surface area contributed by atoms with Crippen LogP contribution in [0.4, 0.5) is 0 Å². The maximum absolute atomic E-state index is 5.32. The molecule has 0 amide bonds. The average Bonchev–Trinajstić information content (AvgIpc) is 3.24. The number of aromatic nitrogens is 4. The second-order valence-corrected chi connectivity index (χ2v) is 12.7. The minimum absolute atomic E-state index is 0.667. The SMILES string of the molecule is c1ccc(-c2ccc3c(-c4ccccc4)nc(-c4cc(-c5ccc(-c6ccccn6)cc5)cc(-c5ccccc5-c5ccccn5)c4)nc3c2)cc1. The Balaban J connectivity index is 1.26. The highest BCUT2D eigenvalue weighted by atomic mass is 14.9. The lowest BCUT2D eigenvalue weighted by Gasteiger charge is -2.15. The molecule has 0 aliphatic carbocycles. The van der Waals surface area contributed by atoms with Gasteiger partial charge in [-0.05, 0) is 88.0 Å². The van der Waals surface area contributed by atoms with Gasteiger partial charge in [0.1, 0.15) is 0 Å². The number of rotatable bonds is 7. The van der Waals surface area contributed by atoms with E-state index in [-0.39, 0.29) is 0 Å². The summed E-state index contributed by atoms with van der Waals surface area (Å²) in [6, 6.07) is 63.1. The van der Waals surface area contributed by atoms with E-state index in [2.05, 4.69) is 145 Å². The van der Waals surface area contributed by atoms with Crippen LogP contribution >= 0.6 is 0 Å². The van der Waals surface area contributed by atoms with Gasteiger partial charge in [-0.3, -0.25) is 9.97 Å². The van der Waals surface area contributed by atoms with Gasteiger partial charge in [-0.25, -0.2) is 9.97 Å². The molecule has 0 fully saturated rings. The molecule has 0 N–H and O–H groups in total. The minimum atomic E-state index is 0.667. The molecule has 0 aliphatic heterocycles. The monoisotopic (exact) mass is 664 g/mol. The summed E-state index contributed by atoms with van der Waals surface area (Å²) < 4.78 is 0. The molecule has 0 aliphatic rings. The van der Waals surface area contributed by atoms with Crippen molar-refractivity contribution in [1.29, 1.82) is 0 Å². The van der Waals surface area contributed by atoms with Crippen LogP contribution in [0, 0.1) is 0 Å². The molecule has 0 radical (unpaired) electrons. The van der Waals surface area contributed by atoms with Crippen LogP contribution in [0.3, 0.4) is 0 Å². The Morgan fingerprint density at radius 3 is 1.58 bits per heavy atom. The van der Waals surface area contributed by atoms with Crippen molar-refractivity contribution in [2.45, 2.75) is 0 Å². The maximum atomic E-state index is 5.32. The van der Waals surface area contributed by atoms with Crippen molar-refractivity contribution in [3.05, 3.63) is 194 Å². The topological polar surface area (TPSA) is 51.6 Å². The van der Waals surface area contributed by atoms with E-state index in [1.807, 2.05) is 54.9 Å². The Hall–Kier alpha value is -7.04. The number of hydrogen-bond donors (Lipinski definition) is 0. The number of benzene rings is 6. The molecule has 3 heterocycles. The molecule has 6 aromatic carbocycles. The molecule has 9 aromatic rings. The number of hydrogen-bond acceptors (Lipinski definition) is 4. The van der Waals surface area contributed by atoms with Crippen LogP contribution in [0.2, 0.25) is 0 Å². The van der Waals surface area contributed by atoms with E-state index >= 15 is 0 Å². The van der Waals surface area contributed by atoms with Crippen LogP contribution in [-0.2, 0) is 0 Å². The van der Waals surface area contributed by atoms with E-state index in [9.17, 15) is 0 Å². The van der Waals surface area contributed by atoms with Crippen LogP contribution in [0.5, 0.6) is 0 Å². The van der Waals surface area contributed by atoms with E-state index in [1.165, 1.54) is 0 Å². The van der Waals surface area contributed by atoms with Crippen molar-refractivity contribution in [2.24, 2.45) is 0 Å². The standard InChI is InChI=1S/C48H32N4/c1-3-13-33(14-4-1)37-25-26-43-46(32-37)51-48(52-47(43)36-15-5-2-6-16-36)40-30-38(34-21-23-35(24-22-34)44-19-9-11-27-49-44)29-39(31-40)41-17-7-8-18-42(41)45-20-10-12-28-50-45/h1-32H. The molecule has 4 heteroatoms. The first-order valence-corrected chi connectivity index (χ1v) is 17.4. The highest BCUT2D eigenvalue weighted by Gasteiger charge is 2.17. The quantitative estimate of drug-likeness (QED) is 0.170. The second kappa shape index (κ2) is 13.7. The molecule has 0 saturated heterocycles. The summed E-state index contributed by atoms with van der Waals surface area (Å²) in [5.41, 5.74) is 14.3. The molecule has 0 spiro atoms. The predicted octanol–water partition coefficient (Wildman–Crippen LogP) is 12.1. The van der Waals surface area contributed by atoms with Gasteiger partial charge in [0.2, 0.25) is 0 Å². The number of nitrogens with zero attached hydrogens (tertiary/aromatic N) is 4. The molecular weight excluding hydrogens is 633 g/mol. The van der Waals surface area contributed by atoms with Gasteiger partial charge in [-0.2, -0.15) is 0 Å². The fourth-order valence-corrected chi connectivity index (χ4v) is 6.81. The van der Waals surface area contributed by atoms with Crippen molar-refractivity contribution in [1.82, 2.24) is 19.9 Å². The molecule has 0 atom stereocenters. The van der Waals surface area contributed by atoms with Gasteiger partial charge in [0.15, 0.2) is 5.82 Å². The van der Waals surface area contributed by atoms with Crippen molar-refractivity contribution in [3.63, 3.8) is 0 Å². The number of pyridine rings is 2. The van der Waals surface area contributed by atoms with Crippen molar-refractivity contribution in [2.75, 3.05) is 0 Å². The first-order chi connectivity index (χ1) is 25.8. The second-order valence-electron chi connectivity index (χ2n) is 12.7. The van der Waals surface area contributed by atoms with Gasteiger partial charge in [0.25, 0.3) is 0 Å². The molecule has 52 heavy (non-hydrogen) atoms. The predicted molar refractivity (Wildman–Crippen MR) is 213 cm³/mol. The summed E-state index contributed by atoms with van der Waals surface area (Å²) in [7, 11) is 0. The summed E-state index contributed by atoms with van der Waals surface area (Å²) in [6.45, 7) is 0. The summed E-state index contributed by atoms with van der Waals surface area (Å²) in [5.74, 6) is 0.667. The van der Waals surface area contributed by atoms with Gasteiger partial charge < -0.3 is 0 Å². The molecule has 0 saturated carbocycles. The molecule has 0 bridgehead atoms. The van der Waals surface area contributed by atoms with E-state index in [0.29, 0.717) is 5.82 Å². The maximum Gasteiger partial charge on any atom is 0.160 e. The van der Waals surface area contributed by atoms with Gasteiger partial charge in [0, 0.05) is 40.0 Å². The first-order valence-electron chi connectivity index (χ1n) is 17.4. The Kier molecular flexibility index (Phi) is 8.16. The summed E-state index contributed by atoms with van der Waals surface area (Å²) in [5, 5.41) is 1.01. The Morgan fingerprint density at radius 2 is 0.865 bits per heavy atom. The highest BCUT2D eigenvalue weighted by Crippen LogP contribution is 2.38. The summed E-state index contributed by atoms with van der Waals surface area (Å²) in [6.07, 6.45) is 3.67. The number of fused-ring (bicyclic) bond motifs is 1. The van der Waals surface area contributed by atoms with E-state index in [0.717, 1.165) is 83.6 Å². The van der Waals surface area contributed by atoms with E-state index in [1.54, 1.807) is 0 Å². The third kappa shape index (κ3) is 6.14. The lowest BCUT2D eigenvalue weighted by atomic mass is 9.92. The van der Waals surface area contributed by atoms with Gasteiger partial charge in [-0.15, -0.1) is 0 Å². The van der Waals surface area contributed by atoms with Crippen LogP contribution in [-0.4, -0.2) is 19.9 Å². The summed E-state index contributed by atoms with van der Waals surface area (Å²) >= 11 is 0. The molecule has 9 rings (SSSR count). The normalized spacial score (nSPS) is 11.1. The Bertz CT molecular complexity index is 2640. The van der Waals surface area contributed by atoms with Crippen molar-refractivity contribution < 1.29 is 0 Å². The lowest BCUT2D eigenvalue weighted by Crippen LogP contribution is -1.97. The zero-order valence-electron chi connectivity index (χ0n) is 28.3. The van der Waals surface area contributed by atoms with Gasteiger partial charge >= 0.3 is 0 Å². The minimum Gasteiger partial charge on any atom is -0.256 e. The Labute approximate surface area is 302 Å². The molecule has 3 aromatic heterocycles. The van der Waals surface area contributed by atoms with Gasteiger partial charge in [0.05, 0.1) is 22.6 Å². The van der Waals surface area contributed by atoms with Gasteiger partial charge in [-0.1, -0.05) is 127 Å². The molecular formula is C48H32N4. The summed E-state index contributed by atoms with van der Waals surface area (Å²) in [4.78, 5) is 19.9. The fourth-order valence-electron chi connectivity index (χ4n) is 6.81. The largest absolute Gasteiger partial charge is 0.256 e. The third-order valence-electron chi connectivity index (χ3n) is 9.40. The third-order valence-corrected chi connectivity index (χ3v) is 9.40. The zero-order valence-corrected chi connectivity index (χ0v) is 28.3. The molecule has 0 unspecified atom stereocenters. The lowest BCUT2D eigenvalue weighted by molar-refractivity contribution is 1.23. The highest BCUT2D eigenvalue weighted by molar-refractivity contribution is 5.96. The van der Waals surface area contributed by atoms with E-state index < -0.39 is 0 Å². The van der Waals surface area contributed by atoms with Crippen LogP contribution in [0.25, 0.3) is 89.4 Å².